The molecule has 104 valence electrons. The van der Waals surface area contributed by atoms with Gasteiger partial charge >= 0.3 is 0 Å². The van der Waals surface area contributed by atoms with E-state index >= 15 is 0 Å². The Kier molecular flexibility index (Phi) is 3.76. The first-order chi connectivity index (χ1) is 9.47. The molecular weight excluding hydrogens is 262 g/mol. The van der Waals surface area contributed by atoms with Crippen LogP contribution < -0.4 is 11.1 Å². The van der Waals surface area contributed by atoms with Crippen LogP contribution in [0.3, 0.4) is 0 Å². The highest BCUT2D eigenvalue weighted by Gasteiger charge is 2.18. The molecule has 0 radical (unpaired) electrons. The van der Waals surface area contributed by atoms with Gasteiger partial charge in [0, 0.05) is 36.6 Å². The van der Waals surface area contributed by atoms with Crippen molar-refractivity contribution in [2.24, 2.45) is 12.8 Å². The average molecular weight is 275 g/mol. The molecule has 0 spiro atoms. The lowest BCUT2D eigenvalue weighted by atomic mass is 10.1. The summed E-state index contributed by atoms with van der Waals surface area (Å²) in [6, 6.07) is 4.78. The van der Waals surface area contributed by atoms with Crippen LogP contribution in [0.25, 0.3) is 0 Å². The van der Waals surface area contributed by atoms with Crippen LogP contribution >= 0.6 is 0 Å². The van der Waals surface area contributed by atoms with Crippen molar-refractivity contribution in [3.05, 3.63) is 52.3 Å². The normalized spacial score (nSPS) is 11.9. The summed E-state index contributed by atoms with van der Waals surface area (Å²) in [5.74, 6) is -0.460. The number of amides is 1. The molecule has 0 bridgehead atoms. The molecule has 3 N–H and O–H groups in total. The van der Waals surface area contributed by atoms with Gasteiger partial charge in [0.2, 0.25) is 5.91 Å². The summed E-state index contributed by atoms with van der Waals surface area (Å²) >= 11 is 0. The smallest absolute Gasteiger partial charge is 0.271 e. The van der Waals surface area contributed by atoms with Crippen molar-refractivity contribution in [1.82, 2.24) is 9.78 Å². The highest BCUT2D eigenvalue weighted by Crippen LogP contribution is 2.18. The van der Waals surface area contributed by atoms with Gasteiger partial charge in [0.25, 0.3) is 5.69 Å². The number of carbonyl (C=O) groups excluding carboxylic acids is 1. The van der Waals surface area contributed by atoms with Crippen molar-refractivity contribution in [2.75, 3.05) is 5.32 Å². The van der Waals surface area contributed by atoms with Gasteiger partial charge in [-0.15, -0.1) is 0 Å². The first-order valence-electron chi connectivity index (χ1n) is 5.77. The second kappa shape index (κ2) is 5.49. The van der Waals surface area contributed by atoms with Crippen LogP contribution in [0.4, 0.5) is 11.4 Å². The van der Waals surface area contributed by atoms with E-state index in [9.17, 15) is 14.9 Å². The highest BCUT2D eigenvalue weighted by molar-refractivity contribution is 5.95. The van der Waals surface area contributed by atoms with Gasteiger partial charge in [-0.1, -0.05) is 6.07 Å². The molecule has 1 unspecified atom stereocenters. The number of nitro groups is 1. The van der Waals surface area contributed by atoms with Gasteiger partial charge in [-0.3, -0.25) is 19.6 Å². The van der Waals surface area contributed by atoms with E-state index in [2.05, 4.69) is 10.4 Å². The van der Waals surface area contributed by atoms with Crippen molar-refractivity contribution in [3.8, 4) is 0 Å². The Balaban J connectivity index is 2.11. The second-order valence-electron chi connectivity index (χ2n) is 4.22. The lowest BCUT2D eigenvalue weighted by Crippen LogP contribution is -2.27. The SMILES string of the molecule is Cn1cc(C(N)C(=O)Nc2cccc([N+](=O)[O-])c2)cn1. The van der Waals surface area contributed by atoms with Crippen molar-refractivity contribution in [1.29, 1.82) is 0 Å². The minimum atomic E-state index is -0.886. The largest absolute Gasteiger partial charge is 0.324 e. The third kappa shape index (κ3) is 2.98. The van der Waals surface area contributed by atoms with Gasteiger partial charge in [0.15, 0.2) is 0 Å². The van der Waals surface area contributed by atoms with E-state index in [0.29, 0.717) is 11.3 Å². The molecular formula is C12H13N5O3. The van der Waals surface area contributed by atoms with Gasteiger partial charge in [-0.05, 0) is 6.07 Å². The van der Waals surface area contributed by atoms with Crippen molar-refractivity contribution in [2.45, 2.75) is 6.04 Å². The number of hydrogen-bond acceptors (Lipinski definition) is 5. The topological polar surface area (TPSA) is 116 Å². The number of hydrogen-bond donors (Lipinski definition) is 2. The van der Waals surface area contributed by atoms with Crippen LogP contribution in [0.15, 0.2) is 36.7 Å². The molecule has 0 fully saturated rings. The molecule has 0 aliphatic heterocycles. The Morgan fingerprint density at radius 3 is 2.90 bits per heavy atom. The van der Waals surface area contributed by atoms with E-state index < -0.39 is 16.9 Å². The van der Waals surface area contributed by atoms with E-state index in [4.69, 9.17) is 5.73 Å². The van der Waals surface area contributed by atoms with Crippen LogP contribution in [-0.4, -0.2) is 20.6 Å². The zero-order valence-corrected chi connectivity index (χ0v) is 10.7. The molecule has 1 heterocycles. The molecule has 1 aromatic heterocycles. The standard InChI is InChI=1S/C12H13N5O3/c1-16-7-8(6-14-16)11(13)12(18)15-9-3-2-4-10(5-9)17(19)20/h2-7,11H,13H2,1H3,(H,15,18). The predicted octanol–water partition coefficient (Wildman–Crippen LogP) is 0.967. The van der Waals surface area contributed by atoms with Crippen LogP contribution in [0.5, 0.6) is 0 Å². The number of nitrogens with zero attached hydrogens (tertiary/aromatic N) is 3. The summed E-state index contributed by atoms with van der Waals surface area (Å²) < 4.78 is 1.54. The predicted molar refractivity (Wildman–Crippen MR) is 71.9 cm³/mol. The number of aromatic nitrogens is 2. The fourth-order valence-corrected chi connectivity index (χ4v) is 1.67. The summed E-state index contributed by atoms with van der Waals surface area (Å²) in [5, 5.41) is 17.1. The molecule has 20 heavy (non-hydrogen) atoms. The van der Waals surface area contributed by atoms with E-state index in [1.165, 1.54) is 29.1 Å². The molecule has 8 nitrogen and oxygen atoms in total. The van der Waals surface area contributed by atoms with Gasteiger partial charge in [0.05, 0.1) is 11.1 Å². The zero-order valence-electron chi connectivity index (χ0n) is 10.7. The molecule has 2 rings (SSSR count). The van der Waals surface area contributed by atoms with Crippen LogP contribution in [0.1, 0.15) is 11.6 Å². The summed E-state index contributed by atoms with van der Waals surface area (Å²) in [4.78, 5) is 22.1. The zero-order chi connectivity index (χ0) is 14.7. The Hall–Kier alpha value is -2.74. The molecule has 2 aromatic rings. The monoisotopic (exact) mass is 275 g/mol. The minimum Gasteiger partial charge on any atom is -0.324 e. The highest BCUT2D eigenvalue weighted by atomic mass is 16.6. The third-order valence-corrected chi connectivity index (χ3v) is 2.69. The Morgan fingerprint density at radius 2 is 2.30 bits per heavy atom. The van der Waals surface area contributed by atoms with Crippen molar-refractivity contribution >= 4 is 17.3 Å². The molecule has 0 saturated heterocycles. The second-order valence-corrected chi connectivity index (χ2v) is 4.22. The van der Waals surface area contributed by atoms with E-state index in [-0.39, 0.29) is 5.69 Å². The Bertz CT molecular complexity index is 652. The van der Waals surface area contributed by atoms with Crippen LogP contribution in [-0.2, 0) is 11.8 Å². The number of nitro benzene ring substituents is 1. The van der Waals surface area contributed by atoms with E-state index in [1.807, 2.05) is 0 Å². The first kappa shape index (κ1) is 13.7. The molecule has 0 aliphatic rings. The van der Waals surface area contributed by atoms with Gasteiger partial charge < -0.3 is 11.1 Å². The molecule has 8 heteroatoms. The number of rotatable bonds is 4. The Labute approximate surface area is 114 Å². The van der Waals surface area contributed by atoms with Gasteiger partial charge in [0.1, 0.15) is 6.04 Å². The number of non-ortho nitro benzene ring substituents is 1. The summed E-state index contributed by atoms with van der Waals surface area (Å²) in [7, 11) is 1.72. The number of aryl methyl sites for hydroxylation is 1. The van der Waals surface area contributed by atoms with Crippen LogP contribution in [0, 0.1) is 10.1 Å². The summed E-state index contributed by atoms with van der Waals surface area (Å²) in [6.07, 6.45) is 3.13. The van der Waals surface area contributed by atoms with E-state index in [0.717, 1.165) is 0 Å². The number of benzene rings is 1. The van der Waals surface area contributed by atoms with Crippen molar-refractivity contribution in [3.63, 3.8) is 0 Å². The maximum atomic E-state index is 12.0. The van der Waals surface area contributed by atoms with E-state index in [1.54, 1.807) is 19.3 Å². The van der Waals surface area contributed by atoms with Crippen molar-refractivity contribution < 1.29 is 9.72 Å². The number of nitrogens with one attached hydrogen (secondary N) is 1. The molecule has 0 aliphatic carbocycles. The molecule has 1 atom stereocenters. The maximum absolute atomic E-state index is 12.0. The maximum Gasteiger partial charge on any atom is 0.271 e. The number of anilines is 1. The lowest BCUT2D eigenvalue weighted by molar-refractivity contribution is -0.384. The first-order valence-corrected chi connectivity index (χ1v) is 5.77. The molecule has 1 amide bonds. The molecule has 0 saturated carbocycles. The van der Waals surface area contributed by atoms with Gasteiger partial charge in [-0.2, -0.15) is 5.10 Å². The van der Waals surface area contributed by atoms with Crippen LogP contribution in [0.2, 0.25) is 0 Å². The fourth-order valence-electron chi connectivity index (χ4n) is 1.67. The summed E-state index contributed by atoms with van der Waals surface area (Å²) in [6.45, 7) is 0. The fraction of sp³-hybridized carbons (Fsp3) is 0.167. The lowest BCUT2D eigenvalue weighted by Gasteiger charge is -2.10. The quantitative estimate of drug-likeness (QED) is 0.637. The Morgan fingerprint density at radius 1 is 1.55 bits per heavy atom. The summed E-state index contributed by atoms with van der Waals surface area (Å²) in [5.41, 5.74) is 6.59. The number of carbonyl (C=O) groups is 1. The third-order valence-electron chi connectivity index (χ3n) is 2.69. The number of nitrogens with two attached hydrogens (primary N) is 1. The minimum absolute atomic E-state index is 0.0993. The average Bonchev–Trinajstić information content (AvgIpc) is 2.84. The molecule has 1 aromatic carbocycles. The van der Waals surface area contributed by atoms with Gasteiger partial charge in [-0.25, -0.2) is 0 Å².